The van der Waals surface area contributed by atoms with Crippen molar-refractivity contribution >= 4 is 29.0 Å². The van der Waals surface area contributed by atoms with E-state index < -0.39 is 0 Å². The average molecular weight is 337 g/mol. The largest absolute Gasteiger partial charge is 0.457 e. The third-order valence-electron chi connectivity index (χ3n) is 3.32. The van der Waals surface area contributed by atoms with Crippen molar-refractivity contribution in [3.05, 3.63) is 77.7 Å². The van der Waals surface area contributed by atoms with Crippen molar-refractivity contribution in [1.29, 1.82) is 0 Å². The number of rotatable bonds is 5. The summed E-state index contributed by atoms with van der Waals surface area (Å²) in [6, 6.07) is 16.8. The first-order valence-corrected chi connectivity index (χ1v) is 8.18. The van der Waals surface area contributed by atoms with Crippen LogP contribution < -0.4 is 4.74 Å². The molecule has 0 N–H and O–H groups in total. The lowest BCUT2D eigenvalue weighted by Gasteiger charge is -2.08. The number of benzene rings is 2. The molecule has 1 aliphatic heterocycles. The monoisotopic (exact) mass is 337 g/mol. The maximum absolute atomic E-state index is 12.2. The minimum absolute atomic E-state index is 0.221. The average Bonchev–Trinajstić information content (AvgIpc) is 2.84. The van der Waals surface area contributed by atoms with Crippen LogP contribution in [0.1, 0.15) is 5.56 Å². The van der Waals surface area contributed by atoms with Gasteiger partial charge in [0.05, 0.1) is 4.91 Å². The van der Waals surface area contributed by atoms with Gasteiger partial charge in [0.15, 0.2) is 0 Å². The Labute approximate surface area is 144 Å². The molecule has 0 aliphatic carbocycles. The molecule has 5 heteroatoms. The Morgan fingerprint density at radius 3 is 2.54 bits per heavy atom. The third-order valence-corrected chi connectivity index (χ3v) is 4.23. The number of imide groups is 1. The lowest BCUT2D eigenvalue weighted by molar-refractivity contribution is -0.122. The molecular formula is C19H15NO3S. The predicted octanol–water partition coefficient (Wildman–Crippen LogP) is 4.70. The van der Waals surface area contributed by atoms with E-state index in [0.29, 0.717) is 10.7 Å². The number of nitrogens with zero attached hydrogens (tertiary/aromatic N) is 1. The summed E-state index contributed by atoms with van der Waals surface area (Å²) in [4.78, 5) is 25.6. The Hall–Kier alpha value is -2.79. The molecule has 0 unspecified atom stereocenters. The van der Waals surface area contributed by atoms with Gasteiger partial charge in [0.1, 0.15) is 11.5 Å². The quantitative estimate of drug-likeness (QED) is 0.586. The highest BCUT2D eigenvalue weighted by Gasteiger charge is 2.33. The zero-order valence-corrected chi connectivity index (χ0v) is 13.7. The van der Waals surface area contributed by atoms with Crippen LogP contribution in [0.25, 0.3) is 6.08 Å². The zero-order valence-electron chi connectivity index (χ0n) is 12.8. The summed E-state index contributed by atoms with van der Waals surface area (Å²) in [5.74, 6) is 1.11. The van der Waals surface area contributed by atoms with Crippen molar-refractivity contribution in [2.45, 2.75) is 0 Å². The number of para-hydroxylation sites is 1. The van der Waals surface area contributed by atoms with Crippen LogP contribution in [-0.4, -0.2) is 22.6 Å². The molecule has 2 aromatic carbocycles. The minimum atomic E-state index is -0.292. The summed E-state index contributed by atoms with van der Waals surface area (Å²) in [5.41, 5.74) is 0.799. The van der Waals surface area contributed by atoms with Crippen molar-refractivity contribution in [3.63, 3.8) is 0 Å². The van der Waals surface area contributed by atoms with Gasteiger partial charge in [0.25, 0.3) is 11.1 Å². The lowest BCUT2D eigenvalue weighted by atomic mass is 10.2. The minimum Gasteiger partial charge on any atom is -0.457 e. The van der Waals surface area contributed by atoms with E-state index in [4.69, 9.17) is 4.74 Å². The van der Waals surface area contributed by atoms with Crippen LogP contribution in [0.2, 0.25) is 0 Å². The molecule has 0 aromatic heterocycles. The molecule has 24 heavy (non-hydrogen) atoms. The fourth-order valence-electron chi connectivity index (χ4n) is 2.23. The van der Waals surface area contributed by atoms with Gasteiger partial charge in [-0.25, -0.2) is 0 Å². The fraction of sp³-hybridized carbons (Fsp3) is 0.0526. The maximum Gasteiger partial charge on any atom is 0.293 e. The first-order valence-electron chi connectivity index (χ1n) is 7.36. The van der Waals surface area contributed by atoms with Crippen LogP contribution in [0, 0.1) is 0 Å². The number of hydrogen-bond acceptors (Lipinski definition) is 4. The number of ether oxygens (including phenoxy) is 1. The Morgan fingerprint density at radius 1 is 1.04 bits per heavy atom. The summed E-state index contributed by atoms with van der Waals surface area (Å²) < 4.78 is 5.78. The lowest BCUT2D eigenvalue weighted by Crippen LogP contribution is -2.27. The van der Waals surface area contributed by atoms with Crippen LogP contribution >= 0.6 is 11.8 Å². The van der Waals surface area contributed by atoms with Crippen LogP contribution in [0.5, 0.6) is 11.5 Å². The van der Waals surface area contributed by atoms with E-state index >= 15 is 0 Å². The Kier molecular flexibility index (Phi) is 4.82. The van der Waals surface area contributed by atoms with E-state index in [-0.39, 0.29) is 17.7 Å². The van der Waals surface area contributed by atoms with E-state index in [1.807, 2.05) is 54.6 Å². The molecule has 0 radical (unpaired) electrons. The van der Waals surface area contributed by atoms with Crippen LogP contribution in [0.15, 0.2) is 72.2 Å². The molecule has 1 fully saturated rings. The van der Waals surface area contributed by atoms with Crippen molar-refractivity contribution in [3.8, 4) is 11.5 Å². The Bertz CT molecular complexity index is 814. The molecule has 1 heterocycles. The van der Waals surface area contributed by atoms with Crippen LogP contribution in [0.4, 0.5) is 4.79 Å². The van der Waals surface area contributed by atoms with Crippen molar-refractivity contribution in [2.24, 2.45) is 0 Å². The van der Waals surface area contributed by atoms with E-state index in [0.717, 1.165) is 23.1 Å². The summed E-state index contributed by atoms with van der Waals surface area (Å²) in [6.45, 7) is 3.78. The van der Waals surface area contributed by atoms with Gasteiger partial charge in [-0.2, -0.15) is 0 Å². The third kappa shape index (κ3) is 3.58. The summed E-state index contributed by atoms with van der Waals surface area (Å²) in [7, 11) is 0. The molecule has 0 spiro atoms. The van der Waals surface area contributed by atoms with Gasteiger partial charge >= 0.3 is 0 Å². The SMILES string of the molecule is C=CCN1C(=O)S/C(=C/c2cccc(Oc3ccccc3)c2)C1=O. The number of carbonyl (C=O) groups excluding carboxylic acids is 2. The fourth-order valence-corrected chi connectivity index (χ4v) is 3.08. The molecule has 2 aromatic rings. The smallest absolute Gasteiger partial charge is 0.293 e. The summed E-state index contributed by atoms with van der Waals surface area (Å²) in [6.07, 6.45) is 3.24. The second-order valence-corrected chi connectivity index (χ2v) is 6.06. The van der Waals surface area contributed by atoms with Crippen LogP contribution in [0.3, 0.4) is 0 Å². The van der Waals surface area contributed by atoms with Gasteiger partial charge in [0.2, 0.25) is 0 Å². The molecule has 0 atom stereocenters. The Balaban J connectivity index is 1.81. The summed E-state index contributed by atoms with van der Waals surface area (Å²) in [5, 5.41) is -0.275. The molecule has 1 aliphatic rings. The number of thioether (sulfide) groups is 1. The van der Waals surface area contributed by atoms with Gasteiger partial charge < -0.3 is 4.74 Å². The van der Waals surface area contributed by atoms with Crippen LogP contribution in [-0.2, 0) is 4.79 Å². The topological polar surface area (TPSA) is 46.6 Å². The highest BCUT2D eigenvalue weighted by atomic mass is 32.2. The number of hydrogen-bond donors (Lipinski definition) is 0. The molecule has 3 rings (SSSR count). The highest BCUT2D eigenvalue weighted by molar-refractivity contribution is 8.18. The number of carbonyl (C=O) groups is 2. The number of amides is 2. The van der Waals surface area contributed by atoms with Gasteiger partial charge in [-0.1, -0.05) is 36.4 Å². The van der Waals surface area contributed by atoms with Gasteiger partial charge in [0, 0.05) is 6.54 Å². The molecule has 0 saturated carbocycles. The molecule has 2 amide bonds. The molecule has 1 saturated heterocycles. The molecule has 4 nitrogen and oxygen atoms in total. The van der Waals surface area contributed by atoms with Crippen molar-refractivity contribution in [2.75, 3.05) is 6.54 Å². The van der Waals surface area contributed by atoms with Gasteiger partial charge in [-0.05, 0) is 47.7 Å². The van der Waals surface area contributed by atoms with Gasteiger partial charge in [-0.15, -0.1) is 6.58 Å². The maximum atomic E-state index is 12.2. The second-order valence-electron chi connectivity index (χ2n) is 5.07. The second kappa shape index (κ2) is 7.19. The zero-order chi connectivity index (χ0) is 16.9. The van der Waals surface area contributed by atoms with E-state index in [2.05, 4.69) is 6.58 Å². The first-order chi connectivity index (χ1) is 11.7. The van der Waals surface area contributed by atoms with Crippen molar-refractivity contribution < 1.29 is 14.3 Å². The molecular weight excluding hydrogens is 322 g/mol. The van der Waals surface area contributed by atoms with Crippen molar-refractivity contribution in [1.82, 2.24) is 4.90 Å². The normalized spacial score (nSPS) is 15.8. The highest BCUT2D eigenvalue weighted by Crippen LogP contribution is 2.32. The molecule has 120 valence electrons. The molecule has 0 bridgehead atoms. The Morgan fingerprint density at radius 2 is 1.79 bits per heavy atom. The predicted molar refractivity (Wildman–Crippen MR) is 95.8 cm³/mol. The standard InChI is InChI=1S/C19H15NO3S/c1-2-11-20-18(21)17(24-19(20)22)13-14-7-6-10-16(12-14)23-15-8-4-3-5-9-15/h2-10,12-13H,1,11H2/b17-13+. The van der Waals surface area contributed by atoms with Gasteiger partial charge in [-0.3, -0.25) is 14.5 Å². The summed E-state index contributed by atoms with van der Waals surface area (Å²) >= 11 is 0.936. The first kappa shape index (κ1) is 16.1. The van der Waals surface area contributed by atoms with E-state index in [9.17, 15) is 9.59 Å². The van der Waals surface area contributed by atoms with E-state index in [1.165, 1.54) is 11.0 Å². The van der Waals surface area contributed by atoms with E-state index in [1.54, 1.807) is 6.08 Å².